The molecular weight excluding hydrogens is 448 g/mol. The number of anilines is 2. The fourth-order valence-corrected chi connectivity index (χ4v) is 3.39. The van der Waals surface area contributed by atoms with Gasteiger partial charge in [0.15, 0.2) is 5.69 Å². The quantitative estimate of drug-likeness (QED) is 0.673. The molecule has 1 aromatic heterocycles. The van der Waals surface area contributed by atoms with Crippen molar-refractivity contribution < 1.29 is 4.79 Å². The maximum absolute atomic E-state index is 13.3. The smallest absolute Gasteiger partial charge is 0.330 e. The Hall–Kier alpha value is -2.06. The Balaban J connectivity index is 2.70. The van der Waals surface area contributed by atoms with Gasteiger partial charge in [-0.15, -0.1) is 0 Å². The number of nitrogens with zero attached hydrogens (tertiary/aromatic N) is 2. The third kappa shape index (κ3) is 4.86. The zero-order chi connectivity index (χ0) is 21.2. The van der Waals surface area contributed by atoms with E-state index in [4.69, 9.17) is 17.3 Å². The number of hydrogen-bond donors (Lipinski definition) is 2. The summed E-state index contributed by atoms with van der Waals surface area (Å²) >= 11 is 9.55. The molecule has 0 saturated carbocycles. The highest BCUT2D eigenvalue weighted by Crippen LogP contribution is 2.26. The summed E-state index contributed by atoms with van der Waals surface area (Å²) in [6.45, 7) is 8.23. The maximum atomic E-state index is 13.3. The SMILES string of the molecule is CC(C)CN(C(=O)c1cc(Br)ccc1Cl)c1c(N)n(CC(C)C)c(=O)[nH]c1=O. The average molecular weight is 472 g/mol. The number of hydrogen-bond acceptors (Lipinski definition) is 4. The number of nitrogen functional groups attached to an aromatic ring is 1. The molecule has 9 heteroatoms. The minimum atomic E-state index is -0.706. The van der Waals surface area contributed by atoms with Crippen molar-refractivity contribution in [1.29, 1.82) is 0 Å². The molecule has 1 heterocycles. The summed E-state index contributed by atoms with van der Waals surface area (Å²) in [7, 11) is 0. The molecule has 2 rings (SSSR count). The van der Waals surface area contributed by atoms with Crippen LogP contribution in [0.25, 0.3) is 0 Å². The van der Waals surface area contributed by atoms with Gasteiger partial charge in [0, 0.05) is 17.6 Å². The van der Waals surface area contributed by atoms with Crippen molar-refractivity contribution >= 4 is 44.9 Å². The number of nitrogens with two attached hydrogens (primary N) is 1. The van der Waals surface area contributed by atoms with Crippen molar-refractivity contribution in [2.24, 2.45) is 11.8 Å². The van der Waals surface area contributed by atoms with E-state index in [2.05, 4.69) is 20.9 Å². The molecule has 0 radical (unpaired) electrons. The van der Waals surface area contributed by atoms with Gasteiger partial charge in [0.1, 0.15) is 5.82 Å². The molecule has 0 aliphatic rings. The molecule has 3 N–H and O–H groups in total. The van der Waals surface area contributed by atoms with Crippen LogP contribution in [0.5, 0.6) is 0 Å². The molecular formula is C19H24BrClN4O3. The molecule has 0 aliphatic heterocycles. The summed E-state index contributed by atoms with van der Waals surface area (Å²) in [6.07, 6.45) is 0. The number of amides is 1. The molecule has 7 nitrogen and oxygen atoms in total. The van der Waals surface area contributed by atoms with Crippen molar-refractivity contribution in [3.63, 3.8) is 0 Å². The number of carbonyl (C=O) groups is 1. The molecule has 0 spiro atoms. The predicted molar refractivity (Wildman–Crippen MR) is 116 cm³/mol. The summed E-state index contributed by atoms with van der Waals surface area (Å²) < 4.78 is 1.96. The highest BCUT2D eigenvalue weighted by Gasteiger charge is 2.27. The Labute approximate surface area is 176 Å². The molecule has 28 heavy (non-hydrogen) atoms. The van der Waals surface area contributed by atoms with E-state index >= 15 is 0 Å². The second kappa shape index (κ2) is 8.96. The molecule has 0 bridgehead atoms. The number of benzene rings is 1. The second-order valence-corrected chi connectivity index (χ2v) is 8.75. The third-order valence-electron chi connectivity index (χ3n) is 3.98. The largest absolute Gasteiger partial charge is 0.383 e. The van der Waals surface area contributed by atoms with Gasteiger partial charge >= 0.3 is 5.69 Å². The summed E-state index contributed by atoms with van der Waals surface area (Å²) in [5, 5.41) is 0.257. The topological polar surface area (TPSA) is 101 Å². The molecule has 152 valence electrons. The first-order valence-corrected chi connectivity index (χ1v) is 10.1. The number of rotatable bonds is 6. The van der Waals surface area contributed by atoms with Crippen molar-refractivity contribution in [2.45, 2.75) is 34.2 Å². The van der Waals surface area contributed by atoms with Crippen LogP contribution in [0.15, 0.2) is 32.3 Å². The lowest BCUT2D eigenvalue weighted by Crippen LogP contribution is -2.43. The lowest BCUT2D eigenvalue weighted by Gasteiger charge is -2.26. The Morgan fingerprint density at radius 1 is 1.25 bits per heavy atom. The van der Waals surface area contributed by atoms with Gasteiger partial charge in [0.05, 0.1) is 10.6 Å². The van der Waals surface area contributed by atoms with Crippen LogP contribution in [0.4, 0.5) is 11.5 Å². The van der Waals surface area contributed by atoms with Crippen LogP contribution in [0.2, 0.25) is 5.02 Å². The van der Waals surface area contributed by atoms with Gasteiger partial charge in [-0.05, 0) is 30.0 Å². The van der Waals surface area contributed by atoms with Crippen molar-refractivity contribution in [1.82, 2.24) is 9.55 Å². The van der Waals surface area contributed by atoms with Gasteiger partial charge in [-0.2, -0.15) is 0 Å². The molecule has 0 aliphatic carbocycles. The van der Waals surface area contributed by atoms with Crippen molar-refractivity contribution in [3.05, 3.63) is 54.1 Å². The molecule has 1 amide bonds. The number of aromatic amines is 1. The molecule has 0 atom stereocenters. The van der Waals surface area contributed by atoms with E-state index in [-0.39, 0.29) is 40.5 Å². The summed E-state index contributed by atoms with van der Waals surface area (Å²) in [5.74, 6) is -0.346. The first kappa shape index (κ1) is 22.2. The van der Waals surface area contributed by atoms with E-state index in [1.165, 1.54) is 9.47 Å². The molecule has 1 aromatic carbocycles. The zero-order valence-electron chi connectivity index (χ0n) is 16.3. The highest BCUT2D eigenvalue weighted by molar-refractivity contribution is 9.10. The molecule has 0 saturated heterocycles. The Kier molecular flexibility index (Phi) is 7.11. The van der Waals surface area contributed by atoms with E-state index in [9.17, 15) is 14.4 Å². The van der Waals surface area contributed by atoms with Crippen LogP contribution in [-0.4, -0.2) is 22.0 Å². The van der Waals surface area contributed by atoms with Crippen LogP contribution >= 0.6 is 27.5 Å². The predicted octanol–water partition coefficient (Wildman–Crippen LogP) is 3.49. The fourth-order valence-electron chi connectivity index (χ4n) is 2.83. The van der Waals surface area contributed by atoms with Crippen LogP contribution in [-0.2, 0) is 6.54 Å². The monoisotopic (exact) mass is 470 g/mol. The Morgan fingerprint density at radius 3 is 2.46 bits per heavy atom. The summed E-state index contributed by atoms with van der Waals surface area (Å²) in [6, 6.07) is 4.90. The van der Waals surface area contributed by atoms with Gasteiger partial charge < -0.3 is 10.6 Å². The lowest BCUT2D eigenvalue weighted by atomic mass is 10.1. The van der Waals surface area contributed by atoms with Crippen LogP contribution < -0.4 is 21.9 Å². The first-order valence-electron chi connectivity index (χ1n) is 8.92. The molecule has 0 unspecified atom stereocenters. The minimum Gasteiger partial charge on any atom is -0.383 e. The van der Waals surface area contributed by atoms with Crippen LogP contribution in [0.1, 0.15) is 38.1 Å². The van der Waals surface area contributed by atoms with Gasteiger partial charge in [0.25, 0.3) is 11.5 Å². The minimum absolute atomic E-state index is 0.0393. The van der Waals surface area contributed by atoms with Gasteiger partial charge in [-0.3, -0.25) is 19.1 Å². The highest BCUT2D eigenvalue weighted by atomic mass is 79.9. The van der Waals surface area contributed by atoms with E-state index in [0.29, 0.717) is 11.0 Å². The van der Waals surface area contributed by atoms with E-state index in [1.807, 2.05) is 27.7 Å². The molecule has 2 aromatic rings. The normalized spacial score (nSPS) is 11.3. The summed E-state index contributed by atoms with van der Waals surface area (Å²) in [4.78, 5) is 41.7. The Bertz CT molecular complexity index is 998. The van der Waals surface area contributed by atoms with Crippen molar-refractivity contribution in [2.75, 3.05) is 17.2 Å². The average Bonchev–Trinajstić information content (AvgIpc) is 2.58. The van der Waals surface area contributed by atoms with E-state index in [0.717, 1.165) is 0 Å². The van der Waals surface area contributed by atoms with Crippen LogP contribution in [0, 0.1) is 11.8 Å². The number of halogens is 2. The number of aromatic nitrogens is 2. The Morgan fingerprint density at radius 2 is 1.89 bits per heavy atom. The number of carbonyl (C=O) groups excluding carboxylic acids is 1. The zero-order valence-corrected chi connectivity index (χ0v) is 18.6. The van der Waals surface area contributed by atoms with Crippen LogP contribution in [0.3, 0.4) is 0 Å². The van der Waals surface area contributed by atoms with E-state index in [1.54, 1.807) is 18.2 Å². The van der Waals surface area contributed by atoms with Gasteiger partial charge in [0.2, 0.25) is 0 Å². The van der Waals surface area contributed by atoms with E-state index < -0.39 is 17.2 Å². The van der Waals surface area contributed by atoms with Gasteiger partial charge in [-0.1, -0.05) is 55.2 Å². The lowest BCUT2D eigenvalue weighted by molar-refractivity contribution is 0.0983. The number of nitrogens with one attached hydrogen (secondary N) is 1. The standard InChI is InChI=1S/C19H24BrClN4O3/c1-10(2)8-24(18(27)13-7-12(20)5-6-14(13)21)15-16(22)25(9-11(3)4)19(28)23-17(15)26/h5-7,10-11H,8-9,22H2,1-4H3,(H,23,26,28). The third-order valence-corrected chi connectivity index (χ3v) is 4.81. The van der Waals surface area contributed by atoms with Crippen molar-refractivity contribution in [3.8, 4) is 0 Å². The number of H-pyrrole nitrogens is 1. The summed E-state index contributed by atoms with van der Waals surface area (Å²) in [5.41, 5.74) is 5.08. The first-order chi connectivity index (χ1) is 13.0. The maximum Gasteiger partial charge on any atom is 0.330 e. The van der Waals surface area contributed by atoms with Gasteiger partial charge in [-0.25, -0.2) is 4.79 Å². The fraction of sp³-hybridized carbons (Fsp3) is 0.421. The molecule has 0 fully saturated rings. The second-order valence-electron chi connectivity index (χ2n) is 7.43.